The number of nitrogens with one attached hydrogen (secondary N) is 1. The second-order valence-electron chi connectivity index (χ2n) is 6.15. The number of sulfonamides is 1. The second-order valence-corrected chi connectivity index (χ2v) is 8.16. The van der Waals surface area contributed by atoms with E-state index < -0.39 is 10.0 Å². The predicted molar refractivity (Wildman–Crippen MR) is 102 cm³/mol. The average Bonchev–Trinajstić information content (AvgIpc) is 2.66. The summed E-state index contributed by atoms with van der Waals surface area (Å²) >= 11 is 0. The van der Waals surface area contributed by atoms with E-state index in [9.17, 15) is 13.2 Å². The Balaban J connectivity index is 1.62. The number of hydrogen-bond acceptors (Lipinski definition) is 4. The molecule has 26 heavy (non-hydrogen) atoms. The van der Waals surface area contributed by atoms with Crippen LogP contribution < -0.4 is 14.4 Å². The number of para-hydroxylation sites is 1. The largest absolute Gasteiger partial charge is 0.497 e. The summed E-state index contributed by atoms with van der Waals surface area (Å²) in [5.74, 6) is 0.141. The average molecular weight is 374 g/mol. The maximum Gasteiger partial charge on any atom is 0.235 e. The number of hydrogen-bond donors (Lipinski definition) is 1. The van der Waals surface area contributed by atoms with E-state index in [1.165, 1.54) is 4.31 Å². The SMILES string of the molecule is COc1ccc(NC(=O)CCS(=O)(=O)N2CCCc3ccccc32)cc1. The molecule has 3 rings (SSSR count). The minimum Gasteiger partial charge on any atom is -0.497 e. The molecule has 1 heterocycles. The third-order valence-electron chi connectivity index (χ3n) is 4.36. The fourth-order valence-electron chi connectivity index (χ4n) is 3.02. The van der Waals surface area contributed by atoms with Crippen LogP contribution in [0, 0.1) is 0 Å². The highest BCUT2D eigenvalue weighted by atomic mass is 32.2. The first-order valence-electron chi connectivity index (χ1n) is 8.52. The number of aryl methyl sites for hydroxylation is 1. The number of methoxy groups -OCH3 is 1. The Morgan fingerprint density at radius 1 is 1.15 bits per heavy atom. The summed E-state index contributed by atoms with van der Waals surface area (Å²) < 4.78 is 31.9. The van der Waals surface area contributed by atoms with E-state index in [2.05, 4.69) is 5.32 Å². The van der Waals surface area contributed by atoms with Gasteiger partial charge in [0.15, 0.2) is 0 Å². The van der Waals surface area contributed by atoms with Gasteiger partial charge in [-0.15, -0.1) is 0 Å². The molecule has 0 saturated heterocycles. The zero-order valence-electron chi connectivity index (χ0n) is 14.6. The summed E-state index contributed by atoms with van der Waals surface area (Å²) in [4.78, 5) is 12.1. The quantitative estimate of drug-likeness (QED) is 0.844. The van der Waals surface area contributed by atoms with E-state index in [1.54, 1.807) is 31.4 Å². The van der Waals surface area contributed by atoms with Crippen LogP contribution in [0.25, 0.3) is 0 Å². The van der Waals surface area contributed by atoms with E-state index in [0.717, 1.165) is 24.1 Å². The van der Waals surface area contributed by atoms with Gasteiger partial charge in [0.25, 0.3) is 0 Å². The number of carbonyl (C=O) groups is 1. The van der Waals surface area contributed by atoms with Crippen molar-refractivity contribution in [2.24, 2.45) is 0 Å². The summed E-state index contributed by atoms with van der Waals surface area (Å²) in [7, 11) is -1.98. The van der Waals surface area contributed by atoms with Crippen LogP contribution in [0.4, 0.5) is 11.4 Å². The van der Waals surface area contributed by atoms with E-state index in [0.29, 0.717) is 18.0 Å². The van der Waals surface area contributed by atoms with Crippen LogP contribution in [-0.4, -0.2) is 33.7 Å². The first kappa shape index (κ1) is 18.3. The molecule has 0 spiro atoms. The van der Waals surface area contributed by atoms with Crippen molar-refractivity contribution in [1.29, 1.82) is 0 Å². The van der Waals surface area contributed by atoms with Gasteiger partial charge in [-0.05, 0) is 48.7 Å². The van der Waals surface area contributed by atoms with Crippen LogP contribution in [0.2, 0.25) is 0 Å². The Labute approximate surface area is 153 Å². The third-order valence-corrected chi connectivity index (χ3v) is 6.14. The van der Waals surface area contributed by atoms with Crippen LogP contribution in [0.3, 0.4) is 0 Å². The van der Waals surface area contributed by atoms with Crippen LogP contribution in [-0.2, 0) is 21.2 Å². The smallest absolute Gasteiger partial charge is 0.235 e. The van der Waals surface area contributed by atoms with Gasteiger partial charge in [-0.2, -0.15) is 0 Å². The standard InChI is InChI=1S/C19H22N2O4S/c1-25-17-10-8-16(9-11-17)20-19(22)12-14-26(23,24)21-13-4-6-15-5-2-3-7-18(15)21/h2-3,5,7-11H,4,6,12-14H2,1H3,(H,20,22). The van der Waals surface area contributed by atoms with E-state index in [-0.39, 0.29) is 18.1 Å². The summed E-state index contributed by atoms with van der Waals surface area (Å²) in [5.41, 5.74) is 2.37. The zero-order chi connectivity index (χ0) is 18.6. The number of nitrogens with zero attached hydrogens (tertiary/aromatic N) is 1. The molecule has 0 unspecified atom stereocenters. The molecule has 138 valence electrons. The first-order valence-corrected chi connectivity index (χ1v) is 10.1. The molecule has 0 bridgehead atoms. The Morgan fingerprint density at radius 3 is 2.62 bits per heavy atom. The highest BCUT2D eigenvalue weighted by Gasteiger charge is 2.27. The monoisotopic (exact) mass is 374 g/mol. The predicted octanol–water partition coefficient (Wildman–Crippen LogP) is 2.81. The highest BCUT2D eigenvalue weighted by molar-refractivity contribution is 7.92. The van der Waals surface area contributed by atoms with Gasteiger partial charge in [0.2, 0.25) is 15.9 Å². The second kappa shape index (κ2) is 7.78. The maximum absolute atomic E-state index is 12.7. The Bertz CT molecular complexity index is 879. The summed E-state index contributed by atoms with van der Waals surface area (Å²) in [6.45, 7) is 0.458. The van der Waals surface area contributed by atoms with E-state index in [1.807, 2.05) is 24.3 Å². The molecule has 0 aromatic heterocycles. The van der Waals surface area contributed by atoms with E-state index >= 15 is 0 Å². The number of benzene rings is 2. The molecule has 0 aliphatic carbocycles. The Kier molecular flexibility index (Phi) is 5.46. The van der Waals surface area contributed by atoms with Crippen molar-refractivity contribution >= 4 is 27.3 Å². The lowest BCUT2D eigenvalue weighted by molar-refractivity contribution is -0.115. The molecule has 0 saturated carbocycles. The summed E-state index contributed by atoms with van der Waals surface area (Å²) in [6, 6.07) is 14.4. The van der Waals surface area contributed by atoms with Crippen LogP contribution in [0.15, 0.2) is 48.5 Å². The minimum atomic E-state index is -3.54. The van der Waals surface area contributed by atoms with Crippen molar-refractivity contribution in [2.45, 2.75) is 19.3 Å². The number of fused-ring (bicyclic) bond motifs is 1. The van der Waals surface area contributed by atoms with Crippen LogP contribution in [0.1, 0.15) is 18.4 Å². The summed E-state index contributed by atoms with van der Waals surface area (Å²) in [6.07, 6.45) is 1.57. The van der Waals surface area contributed by atoms with E-state index in [4.69, 9.17) is 4.74 Å². The van der Waals surface area contributed by atoms with Crippen molar-refractivity contribution in [1.82, 2.24) is 0 Å². The molecule has 1 aliphatic heterocycles. The van der Waals surface area contributed by atoms with Crippen molar-refractivity contribution in [2.75, 3.05) is 29.0 Å². The molecule has 7 heteroatoms. The number of carbonyl (C=O) groups excluding carboxylic acids is 1. The molecule has 0 radical (unpaired) electrons. The zero-order valence-corrected chi connectivity index (χ0v) is 15.5. The third kappa shape index (κ3) is 4.16. The van der Waals surface area contributed by atoms with Crippen LogP contribution in [0.5, 0.6) is 5.75 Å². The molecule has 0 atom stereocenters. The van der Waals surface area contributed by atoms with Crippen molar-refractivity contribution in [3.8, 4) is 5.75 Å². The minimum absolute atomic E-state index is 0.0902. The number of amides is 1. The van der Waals surface area contributed by atoms with Gasteiger partial charge < -0.3 is 10.1 Å². The fraction of sp³-hybridized carbons (Fsp3) is 0.316. The van der Waals surface area contributed by atoms with Gasteiger partial charge in [-0.1, -0.05) is 18.2 Å². The Morgan fingerprint density at radius 2 is 1.88 bits per heavy atom. The number of rotatable bonds is 6. The van der Waals surface area contributed by atoms with Gasteiger partial charge in [0.1, 0.15) is 5.75 Å². The van der Waals surface area contributed by atoms with Gasteiger partial charge in [0.05, 0.1) is 18.6 Å². The van der Waals surface area contributed by atoms with Gasteiger partial charge >= 0.3 is 0 Å². The maximum atomic E-state index is 12.7. The normalized spacial score (nSPS) is 13.8. The molecular weight excluding hydrogens is 352 g/mol. The molecule has 0 fully saturated rings. The molecule has 1 amide bonds. The lowest BCUT2D eigenvalue weighted by Gasteiger charge is -2.30. The lowest BCUT2D eigenvalue weighted by Crippen LogP contribution is -2.37. The molecule has 6 nitrogen and oxygen atoms in total. The molecular formula is C19H22N2O4S. The summed E-state index contributed by atoms with van der Waals surface area (Å²) in [5, 5.41) is 2.71. The van der Waals surface area contributed by atoms with Crippen LogP contribution >= 0.6 is 0 Å². The fourth-order valence-corrected chi connectivity index (χ4v) is 4.57. The first-order chi connectivity index (χ1) is 12.5. The number of anilines is 2. The lowest BCUT2D eigenvalue weighted by atomic mass is 10.0. The van der Waals surface area contributed by atoms with Crippen molar-refractivity contribution in [3.63, 3.8) is 0 Å². The van der Waals surface area contributed by atoms with Gasteiger partial charge in [-0.3, -0.25) is 9.10 Å². The van der Waals surface area contributed by atoms with Crippen molar-refractivity contribution in [3.05, 3.63) is 54.1 Å². The topological polar surface area (TPSA) is 75.7 Å². The molecule has 1 aliphatic rings. The number of ether oxygens (including phenoxy) is 1. The van der Waals surface area contributed by atoms with Gasteiger partial charge in [-0.25, -0.2) is 8.42 Å². The highest BCUT2D eigenvalue weighted by Crippen LogP contribution is 2.29. The Hall–Kier alpha value is -2.54. The van der Waals surface area contributed by atoms with Crippen molar-refractivity contribution < 1.29 is 17.9 Å². The molecule has 2 aromatic rings. The molecule has 1 N–H and O–H groups in total. The molecule has 2 aromatic carbocycles. The van der Waals surface area contributed by atoms with Gasteiger partial charge in [0, 0.05) is 18.7 Å².